The van der Waals surface area contributed by atoms with Crippen molar-refractivity contribution in [2.24, 2.45) is 0 Å². The van der Waals surface area contributed by atoms with Crippen LogP contribution in [0.3, 0.4) is 0 Å². The van der Waals surface area contributed by atoms with E-state index in [0.29, 0.717) is 0 Å². The molecule has 1 nitrogen and oxygen atoms in total. The van der Waals surface area contributed by atoms with E-state index < -0.39 is 0 Å². The predicted octanol–water partition coefficient (Wildman–Crippen LogP) is 2.18. The van der Waals surface area contributed by atoms with E-state index in [1.807, 2.05) is 0 Å². The Bertz CT molecular complexity index is 195. The second-order valence-corrected chi connectivity index (χ2v) is 3.45. The number of thiazole rings is 1. The minimum Gasteiger partial charge on any atom is -0.246 e. The molecule has 0 atom stereocenters. The molecule has 10 heavy (non-hydrogen) atoms. The Morgan fingerprint density at radius 2 is 2.50 bits per heavy atom. The molecule has 0 saturated heterocycles. The molecule has 0 N–H and O–H groups in total. The Morgan fingerprint density at radius 1 is 1.70 bits per heavy atom. The highest BCUT2D eigenvalue weighted by molar-refractivity contribution is 7.80. The lowest BCUT2D eigenvalue weighted by Crippen LogP contribution is -1.85. The van der Waals surface area contributed by atoms with Crippen LogP contribution < -0.4 is 0 Å². The third-order valence-corrected chi connectivity index (χ3v) is 2.47. The van der Waals surface area contributed by atoms with Crippen LogP contribution in [-0.2, 0) is 12.8 Å². The van der Waals surface area contributed by atoms with Gasteiger partial charge in [-0.15, -0.1) is 11.3 Å². The Morgan fingerprint density at radius 3 is 3.00 bits per heavy atom. The van der Waals surface area contributed by atoms with Crippen molar-refractivity contribution in [3.8, 4) is 0 Å². The normalized spacial score (nSPS) is 10.2. The average Bonchev–Trinajstić information content (AvgIpc) is 2.37. The first-order chi connectivity index (χ1) is 4.86. The van der Waals surface area contributed by atoms with Gasteiger partial charge in [-0.1, -0.05) is 6.92 Å². The first kappa shape index (κ1) is 8.08. The number of hydrogen-bond donors (Lipinski definition) is 1. The van der Waals surface area contributed by atoms with Gasteiger partial charge in [-0.25, -0.2) is 4.98 Å². The molecule has 3 heteroatoms. The van der Waals surface area contributed by atoms with Gasteiger partial charge in [-0.2, -0.15) is 12.6 Å². The van der Waals surface area contributed by atoms with Gasteiger partial charge in [0.05, 0.1) is 10.7 Å². The fourth-order valence-corrected chi connectivity index (χ4v) is 1.97. The van der Waals surface area contributed by atoms with Crippen LogP contribution in [-0.4, -0.2) is 10.7 Å². The Labute approximate surface area is 70.9 Å². The smallest absolute Gasteiger partial charge is 0.0936 e. The zero-order chi connectivity index (χ0) is 7.40. The van der Waals surface area contributed by atoms with Crippen LogP contribution in [0.25, 0.3) is 0 Å². The van der Waals surface area contributed by atoms with E-state index >= 15 is 0 Å². The number of aromatic nitrogens is 1. The molecule has 1 aromatic heterocycles. The Kier molecular flexibility index (Phi) is 3.22. The lowest BCUT2D eigenvalue weighted by Gasteiger charge is -1.86. The minimum absolute atomic E-state index is 0.899. The highest BCUT2D eigenvalue weighted by Gasteiger charge is 1.97. The summed E-state index contributed by atoms with van der Waals surface area (Å²) < 4.78 is 0. The van der Waals surface area contributed by atoms with E-state index in [2.05, 4.69) is 29.9 Å². The monoisotopic (exact) mass is 173 g/mol. The summed E-state index contributed by atoms with van der Waals surface area (Å²) in [6, 6.07) is 0. The highest BCUT2D eigenvalue weighted by Crippen LogP contribution is 2.10. The molecular formula is C7H11NS2. The van der Waals surface area contributed by atoms with Crippen LogP contribution in [0.5, 0.6) is 0 Å². The standard InChI is InChI=1S/C7H11NS2/c1-2-6-5-10-7(8-6)3-4-9/h5,9H,2-4H2,1H3. The van der Waals surface area contributed by atoms with Crippen LogP contribution in [0, 0.1) is 0 Å². The van der Waals surface area contributed by atoms with Gasteiger partial charge in [-0.05, 0) is 12.2 Å². The van der Waals surface area contributed by atoms with Gasteiger partial charge in [-0.3, -0.25) is 0 Å². The number of thiol groups is 1. The summed E-state index contributed by atoms with van der Waals surface area (Å²) in [5.74, 6) is 0.899. The molecule has 0 spiro atoms. The number of nitrogens with zero attached hydrogens (tertiary/aromatic N) is 1. The van der Waals surface area contributed by atoms with Crippen LogP contribution in [0.1, 0.15) is 17.6 Å². The van der Waals surface area contributed by atoms with Crippen molar-refractivity contribution in [2.75, 3.05) is 5.75 Å². The van der Waals surface area contributed by atoms with Gasteiger partial charge >= 0.3 is 0 Å². The van der Waals surface area contributed by atoms with E-state index in [1.54, 1.807) is 11.3 Å². The summed E-state index contributed by atoms with van der Waals surface area (Å²) in [4.78, 5) is 4.39. The molecule has 0 radical (unpaired) electrons. The molecule has 0 aliphatic carbocycles. The van der Waals surface area contributed by atoms with E-state index in [9.17, 15) is 0 Å². The van der Waals surface area contributed by atoms with Crippen LogP contribution >= 0.6 is 24.0 Å². The van der Waals surface area contributed by atoms with Gasteiger partial charge in [0.15, 0.2) is 0 Å². The fourth-order valence-electron chi connectivity index (χ4n) is 0.722. The van der Waals surface area contributed by atoms with Crippen molar-refractivity contribution in [2.45, 2.75) is 19.8 Å². The molecule has 1 heterocycles. The van der Waals surface area contributed by atoms with Crippen molar-refractivity contribution >= 4 is 24.0 Å². The molecule has 1 aromatic rings. The largest absolute Gasteiger partial charge is 0.246 e. The van der Waals surface area contributed by atoms with Crippen molar-refractivity contribution in [3.05, 3.63) is 16.1 Å². The molecule has 0 fully saturated rings. The van der Waals surface area contributed by atoms with Crippen LogP contribution in [0.4, 0.5) is 0 Å². The third-order valence-electron chi connectivity index (χ3n) is 1.29. The molecule has 56 valence electrons. The van der Waals surface area contributed by atoms with Crippen molar-refractivity contribution in [1.29, 1.82) is 0 Å². The summed E-state index contributed by atoms with van der Waals surface area (Å²) >= 11 is 5.88. The van der Waals surface area contributed by atoms with Crippen molar-refractivity contribution in [1.82, 2.24) is 4.98 Å². The van der Waals surface area contributed by atoms with Gasteiger partial charge in [0, 0.05) is 11.8 Å². The maximum absolute atomic E-state index is 4.39. The van der Waals surface area contributed by atoms with Crippen molar-refractivity contribution in [3.63, 3.8) is 0 Å². The average molecular weight is 173 g/mol. The first-order valence-corrected chi connectivity index (χ1v) is 4.92. The predicted molar refractivity (Wildman–Crippen MR) is 49.0 cm³/mol. The van der Waals surface area contributed by atoms with E-state index in [1.165, 1.54) is 10.7 Å². The summed E-state index contributed by atoms with van der Waals surface area (Å²) in [5.41, 5.74) is 1.21. The zero-order valence-corrected chi connectivity index (χ0v) is 7.71. The minimum atomic E-state index is 0.899. The van der Waals surface area contributed by atoms with Gasteiger partial charge < -0.3 is 0 Å². The quantitative estimate of drug-likeness (QED) is 0.691. The summed E-state index contributed by atoms with van der Waals surface area (Å²) in [7, 11) is 0. The molecule has 0 saturated carbocycles. The van der Waals surface area contributed by atoms with E-state index in [-0.39, 0.29) is 0 Å². The summed E-state index contributed by atoms with van der Waals surface area (Å²) in [5, 5.41) is 3.34. The SMILES string of the molecule is CCc1csc(CCS)n1. The fraction of sp³-hybridized carbons (Fsp3) is 0.571. The lowest BCUT2D eigenvalue weighted by molar-refractivity contribution is 1.01. The Balaban J connectivity index is 2.59. The maximum Gasteiger partial charge on any atom is 0.0936 e. The molecule has 0 bridgehead atoms. The summed E-state index contributed by atoms with van der Waals surface area (Å²) in [6.45, 7) is 2.12. The molecule has 0 aliphatic rings. The second-order valence-electron chi connectivity index (χ2n) is 2.06. The zero-order valence-electron chi connectivity index (χ0n) is 6.00. The third kappa shape index (κ3) is 1.99. The number of hydrogen-bond acceptors (Lipinski definition) is 3. The van der Waals surface area contributed by atoms with Crippen LogP contribution in [0.2, 0.25) is 0 Å². The molecule has 0 amide bonds. The number of rotatable bonds is 3. The highest BCUT2D eigenvalue weighted by atomic mass is 32.1. The molecule has 0 aromatic carbocycles. The van der Waals surface area contributed by atoms with Gasteiger partial charge in [0.1, 0.15) is 0 Å². The van der Waals surface area contributed by atoms with Gasteiger partial charge in [0.2, 0.25) is 0 Å². The van der Waals surface area contributed by atoms with E-state index in [0.717, 1.165) is 18.6 Å². The van der Waals surface area contributed by atoms with Crippen LogP contribution in [0.15, 0.2) is 5.38 Å². The van der Waals surface area contributed by atoms with Crippen molar-refractivity contribution < 1.29 is 0 Å². The molecule has 0 unspecified atom stereocenters. The first-order valence-electron chi connectivity index (χ1n) is 3.41. The lowest BCUT2D eigenvalue weighted by atomic mass is 10.4. The molecular weight excluding hydrogens is 162 g/mol. The Hall–Kier alpha value is -0.0200. The maximum atomic E-state index is 4.39. The number of aryl methyl sites for hydroxylation is 2. The second kappa shape index (κ2) is 3.98. The molecule has 1 rings (SSSR count). The van der Waals surface area contributed by atoms with E-state index in [4.69, 9.17) is 0 Å². The van der Waals surface area contributed by atoms with Gasteiger partial charge in [0.25, 0.3) is 0 Å². The summed E-state index contributed by atoms with van der Waals surface area (Å²) in [6.07, 6.45) is 2.05. The topological polar surface area (TPSA) is 12.9 Å². The molecule has 0 aliphatic heterocycles.